The predicted molar refractivity (Wildman–Crippen MR) is 60.6 cm³/mol. The fourth-order valence-electron chi connectivity index (χ4n) is 1.01. The molecule has 2 N–H and O–H groups in total. The molecule has 0 amide bonds. The number of hydrogen-bond acceptors (Lipinski definition) is 1. The minimum absolute atomic E-state index is 0. The van der Waals surface area contributed by atoms with Crippen LogP contribution in [-0.4, -0.2) is 0 Å². The van der Waals surface area contributed by atoms with Gasteiger partial charge >= 0.3 is 0 Å². The number of nitrogens with two attached hydrogens (primary N) is 1. The molecule has 0 bridgehead atoms. The van der Waals surface area contributed by atoms with Crippen LogP contribution < -0.4 is 5.73 Å². The van der Waals surface area contributed by atoms with Gasteiger partial charge < -0.3 is 5.73 Å². The Morgan fingerprint density at radius 3 is 2.62 bits per heavy atom. The summed E-state index contributed by atoms with van der Waals surface area (Å²) in [6.07, 6.45) is 1.71. The number of rotatable bonds is 2. The van der Waals surface area contributed by atoms with Crippen LogP contribution in [0.25, 0.3) is 0 Å². The van der Waals surface area contributed by atoms with Gasteiger partial charge in [-0.3, -0.25) is 0 Å². The minimum atomic E-state index is -0.0963. The molecule has 0 heterocycles. The highest BCUT2D eigenvalue weighted by Gasteiger charge is 2.02. The molecular weight excluding hydrogens is 205 g/mol. The van der Waals surface area contributed by atoms with Gasteiger partial charge in [0.2, 0.25) is 0 Å². The van der Waals surface area contributed by atoms with Crippen LogP contribution in [0.4, 0.5) is 0 Å². The number of hydrogen-bond donors (Lipinski definition) is 1. The molecule has 0 aliphatic carbocycles. The van der Waals surface area contributed by atoms with Crippen molar-refractivity contribution >= 4 is 24.0 Å². The quantitative estimate of drug-likeness (QED) is 0.757. The molecule has 1 atom stereocenters. The van der Waals surface area contributed by atoms with E-state index in [4.69, 9.17) is 17.3 Å². The van der Waals surface area contributed by atoms with Gasteiger partial charge in [-0.2, -0.15) is 0 Å². The summed E-state index contributed by atoms with van der Waals surface area (Å²) in [5.41, 5.74) is 7.85. The Bertz CT molecular complexity index is 297. The fourth-order valence-corrected chi connectivity index (χ4v) is 1.13. The van der Waals surface area contributed by atoms with E-state index in [-0.39, 0.29) is 18.4 Å². The van der Waals surface area contributed by atoms with Crippen LogP contribution >= 0.6 is 24.0 Å². The third kappa shape index (κ3) is 3.03. The van der Waals surface area contributed by atoms with E-state index in [1.807, 2.05) is 25.1 Å². The zero-order valence-corrected chi connectivity index (χ0v) is 9.03. The summed E-state index contributed by atoms with van der Waals surface area (Å²) < 4.78 is 0. The lowest BCUT2D eigenvalue weighted by atomic mass is 10.1. The summed E-state index contributed by atoms with van der Waals surface area (Å²) in [5, 5.41) is 0.773. The Balaban J connectivity index is 0.00000144. The van der Waals surface area contributed by atoms with Gasteiger partial charge in [0.15, 0.2) is 0 Å². The lowest BCUT2D eigenvalue weighted by Gasteiger charge is -2.07. The van der Waals surface area contributed by atoms with Crippen molar-refractivity contribution in [3.63, 3.8) is 0 Å². The van der Waals surface area contributed by atoms with Crippen LogP contribution in [0.15, 0.2) is 30.9 Å². The number of halogens is 2. The molecule has 0 aromatic heterocycles. The van der Waals surface area contributed by atoms with E-state index in [0.717, 1.165) is 16.1 Å². The van der Waals surface area contributed by atoms with E-state index in [1.165, 1.54) is 0 Å². The predicted octanol–water partition coefficient (Wildman–Crippen LogP) is 3.26. The van der Waals surface area contributed by atoms with E-state index in [9.17, 15) is 0 Å². The summed E-state index contributed by atoms with van der Waals surface area (Å²) in [7, 11) is 0. The van der Waals surface area contributed by atoms with Crippen LogP contribution in [0, 0.1) is 6.92 Å². The molecule has 13 heavy (non-hydrogen) atoms. The lowest BCUT2D eigenvalue weighted by molar-refractivity contribution is 0.912. The highest BCUT2D eigenvalue weighted by Crippen LogP contribution is 2.19. The first-order valence-electron chi connectivity index (χ1n) is 3.79. The van der Waals surface area contributed by atoms with Crippen LogP contribution in [0.3, 0.4) is 0 Å². The largest absolute Gasteiger partial charge is 0.321 e. The lowest BCUT2D eigenvalue weighted by Crippen LogP contribution is -2.06. The van der Waals surface area contributed by atoms with E-state index < -0.39 is 0 Å². The Morgan fingerprint density at radius 2 is 2.15 bits per heavy atom. The fraction of sp³-hybridized carbons (Fsp3) is 0.200. The molecule has 0 aliphatic rings. The van der Waals surface area contributed by atoms with Crippen molar-refractivity contribution in [2.45, 2.75) is 13.0 Å². The van der Waals surface area contributed by atoms with Gasteiger partial charge in [0, 0.05) is 11.1 Å². The molecule has 0 saturated carbocycles. The summed E-state index contributed by atoms with van der Waals surface area (Å²) >= 11 is 5.86. The Kier molecular flexibility index (Phi) is 5.07. The van der Waals surface area contributed by atoms with Gasteiger partial charge in [0.1, 0.15) is 0 Å². The molecule has 1 nitrogen and oxygen atoms in total. The van der Waals surface area contributed by atoms with Crippen LogP contribution in [-0.2, 0) is 0 Å². The summed E-state index contributed by atoms with van der Waals surface area (Å²) in [5.74, 6) is 0. The first-order valence-corrected chi connectivity index (χ1v) is 4.17. The Hall–Kier alpha value is -0.500. The van der Waals surface area contributed by atoms with Crippen molar-refractivity contribution < 1.29 is 0 Å². The van der Waals surface area contributed by atoms with E-state index >= 15 is 0 Å². The van der Waals surface area contributed by atoms with Gasteiger partial charge in [0.05, 0.1) is 0 Å². The van der Waals surface area contributed by atoms with E-state index in [1.54, 1.807) is 6.08 Å². The van der Waals surface area contributed by atoms with Crippen LogP contribution in [0.1, 0.15) is 17.2 Å². The first-order chi connectivity index (χ1) is 5.65. The van der Waals surface area contributed by atoms with Gasteiger partial charge in [-0.1, -0.05) is 29.8 Å². The molecular formula is C10H13Cl2N. The highest BCUT2D eigenvalue weighted by atomic mass is 35.5. The van der Waals surface area contributed by atoms with Crippen molar-refractivity contribution in [2.24, 2.45) is 5.73 Å². The van der Waals surface area contributed by atoms with Gasteiger partial charge in [-0.15, -0.1) is 19.0 Å². The van der Waals surface area contributed by atoms with Gasteiger partial charge in [-0.05, 0) is 24.1 Å². The van der Waals surface area contributed by atoms with E-state index in [2.05, 4.69) is 6.58 Å². The van der Waals surface area contributed by atoms with Crippen molar-refractivity contribution in [2.75, 3.05) is 0 Å². The molecule has 0 unspecified atom stereocenters. The Morgan fingerprint density at radius 1 is 1.54 bits per heavy atom. The summed E-state index contributed by atoms with van der Waals surface area (Å²) in [6.45, 7) is 5.59. The second kappa shape index (κ2) is 5.28. The maximum Gasteiger partial charge on any atom is 0.0478 e. The topological polar surface area (TPSA) is 26.0 Å². The SMILES string of the molecule is C=C[C@@H](N)c1ccc(Cl)c(C)c1.Cl. The third-order valence-corrected chi connectivity index (χ3v) is 2.24. The average molecular weight is 218 g/mol. The standard InChI is InChI=1S/C10H12ClN.ClH/c1-3-10(12)8-4-5-9(11)7(2)6-8;/h3-6,10H,1,12H2,2H3;1H/t10-;/m1./s1. The number of benzene rings is 1. The maximum absolute atomic E-state index is 5.86. The molecule has 1 rings (SSSR count). The highest BCUT2D eigenvalue weighted by molar-refractivity contribution is 6.31. The third-order valence-electron chi connectivity index (χ3n) is 1.82. The minimum Gasteiger partial charge on any atom is -0.321 e. The molecule has 1 aromatic rings. The molecule has 72 valence electrons. The molecule has 0 spiro atoms. The molecule has 0 fully saturated rings. The smallest absolute Gasteiger partial charge is 0.0478 e. The first kappa shape index (κ1) is 12.5. The normalized spacial score (nSPS) is 11.6. The second-order valence-electron chi connectivity index (χ2n) is 2.77. The van der Waals surface area contributed by atoms with Crippen molar-refractivity contribution in [1.82, 2.24) is 0 Å². The maximum atomic E-state index is 5.86. The zero-order valence-electron chi connectivity index (χ0n) is 7.46. The van der Waals surface area contributed by atoms with E-state index in [0.29, 0.717) is 0 Å². The molecule has 1 aromatic carbocycles. The Labute approximate surface area is 90.0 Å². The van der Waals surface area contributed by atoms with Gasteiger partial charge in [-0.25, -0.2) is 0 Å². The van der Waals surface area contributed by atoms with Crippen molar-refractivity contribution in [1.29, 1.82) is 0 Å². The number of aryl methyl sites for hydroxylation is 1. The molecule has 3 heteroatoms. The molecule has 0 aliphatic heterocycles. The second-order valence-corrected chi connectivity index (χ2v) is 3.18. The van der Waals surface area contributed by atoms with Crippen LogP contribution in [0.2, 0.25) is 5.02 Å². The molecule has 0 saturated heterocycles. The van der Waals surface area contributed by atoms with Crippen molar-refractivity contribution in [3.05, 3.63) is 47.0 Å². The summed E-state index contributed by atoms with van der Waals surface area (Å²) in [6, 6.07) is 5.66. The van der Waals surface area contributed by atoms with Crippen molar-refractivity contribution in [3.8, 4) is 0 Å². The molecule has 0 radical (unpaired) electrons. The average Bonchev–Trinajstić information content (AvgIpc) is 2.08. The monoisotopic (exact) mass is 217 g/mol. The van der Waals surface area contributed by atoms with Crippen LogP contribution in [0.5, 0.6) is 0 Å². The summed E-state index contributed by atoms with van der Waals surface area (Å²) in [4.78, 5) is 0. The van der Waals surface area contributed by atoms with Gasteiger partial charge in [0.25, 0.3) is 0 Å². The zero-order chi connectivity index (χ0) is 9.14.